The Morgan fingerprint density at radius 2 is 1.54 bits per heavy atom. The van der Waals surface area contributed by atoms with E-state index in [1.807, 2.05) is 24.3 Å². The molecule has 8 heteroatoms. The molecule has 8 nitrogen and oxygen atoms in total. The first-order valence-corrected chi connectivity index (χ1v) is 12.2. The van der Waals surface area contributed by atoms with Crippen molar-refractivity contribution >= 4 is 18.0 Å². The smallest absolute Gasteiger partial charge is 0.408 e. The third-order valence-corrected chi connectivity index (χ3v) is 7.57. The average Bonchev–Trinajstić information content (AvgIpc) is 3.21. The second-order valence-electron chi connectivity index (χ2n) is 9.55. The number of piperidine rings is 1. The van der Waals surface area contributed by atoms with Gasteiger partial charge in [-0.2, -0.15) is 0 Å². The minimum atomic E-state index is -1.10. The van der Waals surface area contributed by atoms with Gasteiger partial charge in [-0.1, -0.05) is 48.5 Å². The number of amides is 2. The van der Waals surface area contributed by atoms with E-state index in [4.69, 9.17) is 9.47 Å². The van der Waals surface area contributed by atoms with E-state index in [0.717, 1.165) is 22.3 Å². The van der Waals surface area contributed by atoms with Crippen LogP contribution in [0.5, 0.6) is 0 Å². The number of ether oxygens (including phenoxy) is 2. The summed E-state index contributed by atoms with van der Waals surface area (Å²) in [6.07, 6.45) is 0.920. The Hall–Kier alpha value is -3.39. The lowest BCUT2D eigenvalue weighted by Crippen LogP contribution is -2.63. The van der Waals surface area contributed by atoms with Crippen LogP contribution in [0.3, 0.4) is 0 Å². The van der Waals surface area contributed by atoms with E-state index in [2.05, 4.69) is 29.6 Å². The molecule has 0 saturated carbocycles. The monoisotopic (exact) mass is 478 g/mol. The van der Waals surface area contributed by atoms with E-state index in [-0.39, 0.29) is 18.4 Å². The molecule has 0 radical (unpaired) electrons. The number of hydrogen-bond acceptors (Lipinski definition) is 5. The summed E-state index contributed by atoms with van der Waals surface area (Å²) in [5.41, 5.74) is 3.45. The first-order valence-electron chi connectivity index (χ1n) is 12.2. The standard InChI is InChI=1S/C27H30N2O6/c30-24(31)18-9-13-29(14-10-18)25(32)27(11-15-34-16-12-27)28-26(33)35-17-23-21-7-3-1-5-19(21)20-6-2-4-8-22(20)23/h1-8,18,23H,9-17H2,(H,28,33)(H,30,31). The lowest BCUT2D eigenvalue weighted by atomic mass is 9.87. The fourth-order valence-corrected chi connectivity index (χ4v) is 5.57. The molecule has 2 amide bonds. The Morgan fingerprint density at radius 3 is 2.11 bits per heavy atom. The highest BCUT2D eigenvalue weighted by atomic mass is 16.5. The number of likely N-dealkylation sites (tertiary alicyclic amines) is 1. The van der Waals surface area contributed by atoms with Gasteiger partial charge < -0.3 is 24.8 Å². The molecule has 0 spiro atoms. The Morgan fingerprint density at radius 1 is 0.971 bits per heavy atom. The molecule has 35 heavy (non-hydrogen) atoms. The van der Waals surface area contributed by atoms with Crippen LogP contribution in [0.2, 0.25) is 0 Å². The number of benzene rings is 2. The van der Waals surface area contributed by atoms with E-state index < -0.39 is 23.5 Å². The van der Waals surface area contributed by atoms with Gasteiger partial charge >= 0.3 is 12.1 Å². The molecule has 2 fully saturated rings. The third-order valence-electron chi connectivity index (χ3n) is 7.57. The van der Waals surface area contributed by atoms with Crippen molar-refractivity contribution in [2.45, 2.75) is 37.1 Å². The number of rotatable bonds is 5. The second-order valence-corrected chi connectivity index (χ2v) is 9.55. The highest BCUT2D eigenvalue weighted by Crippen LogP contribution is 2.44. The van der Waals surface area contributed by atoms with Crippen LogP contribution in [0, 0.1) is 5.92 Å². The van der Waals surface area contributed by atoms with Gasteiger partial charge in [0.25, 0.3) is 0 Å². The predicted molar refractivity (Wildman–Crippen MR) is 128 cm³/mol. The van der Waals surface area contributed by atoms with Crippen molar-refractivity contribution < 1.29 is 29.0 Å². The SMILES string of the molecule is O=C(NC1(C(=O)N2CCC(C(=O)O)CC2)CCOCC1)OCC1c2ccccc2-c2ccccc21. The molecule has 184 valence electrons. The summed E-state index contributed by atoms with van der Waals surface area (Å²) in [7, 11) is 0. The van der Waals surface area contributed by atoms with Crippen LogP contribution in [-0.2, 0) is 19.1 Å². The largest absolute Gasteiger partial charge is 0.481 e. The fraction of sp³-hybridized carbons (Fsp3) is 0.444. The van der Waals surface area contributed by atoms with Crippen LogP contribution in [0.25, 0.3) is 11.1 Å². The number of fused-ring (bicyclic) bond motifs is 3. The topological polar surface area (TPSA) is 105 Å². The minimum absolute atomic E-state index is 0.0652. The normalized spacial score (nSPS) is 19.5. The molecular weight excluding hydrogens is 448 g/mol. The molecule has 3 aliphatic rings. The van der Waals surface area contributed by atoms with Gasteiger partial charge in [-0.3, -0.25) is 9.59 Å². The maximum atomic E-state index is 13.5. The van der Waals surface area contributed by atoms with Crippen molar-refractivity contribution in [3.8, 4) is 11.1 Å². The maximum Gasteiger partial charge on any atom is 0.408 e. The molecule has 0 aromatic heterocycles. The molecular formula is C27H30N2O6. The van der Waals surface area contributed by atoms with Crippen LogP contribution in [0.4, 0.5) is 4.79 Å². The zero-order valence-corrected chi connectivity index (χ0v) is 19.6. The number of carbonyl (C=O) groups excluding carboxylic acids is 2. The maximum absolute atomic E-state index is 13.5. The number of carbonyl (C=O) groups is 3. The number of aliphatic carboxylic acids is 1. The Bertz CT molecular complexity index is 1070. The van der Waals surface area contributed by atoms with Gasteiger partial charge in [-0.25, -0.2) is 4.79 Å². The van der Waals surface area contributed by atoms with Crippen molar-refractivity contribution in [1.82, 2.24) is 10.2 Å². The summed E-state index contributed by atoms with van der Waals surface area (Å²) in [5.74, 6) is -1.50. The molecule has 2 heterocycles. The lowest BCUT2D eigenvalue weighted by Gasteiger charge is -2.41. The van der Waals surface area contributed by atoms with E-state index >= 15 is 0 Å². The molecule has 5 rings (SSSR count). The Labute approximate surface area is 204 Å². The van der Waals surface area contributed by atoms with Gasteiger partial charge in [0, 0.05) is 45.1 Å². The zero-order valence-electron chi connectivity index (χ0n) is 19.6. The number of alkyl carbamates (subject to hydrolysis) is 1. The van der Waals surface area contributed by atoms with Gasteiger partial charge in [0.05, 0.1) is 5.92 Å². The minimum Gasteiger partial charge on any atom is -0.481 e. The number of carboxylic acids is 1. The van der Waals surface area contributed by atoms with Gasteiger partial charge in [0.15, 0.2) is 0 Å². The molecule has 1 aliphatic carbocycles. The van der Waals surface area contributed by atoms with Gasteiger partial charge in [-0.15, -0.1) is 0 Å². The zero-order chi connectivity index (χ0) is 24.4. The summed E-state index contributed by atoms with van der Waals surface area (Å²) in [5, 5.41) is 12.1. The van der Waals surface area contributed by atoms with Gasteiger partial charge in [-0.05, 0) is 35.1 Å². The first kappa shape index (κ1) is 23.4. The van der Waals surface area contributed by atoms with E-state index in [1.54, 1.807) is 4.90 Å². The van der Waals surface area contributed by atoms with Crippen LogP contribution >= 0.6 is 0 Å². The van der Waals surface area contributed by atoms with Crippen LogP contribution in [0.15, 0.2) is 48.5 Å². The summed E-state index contributed by atoms with van der Waals surface area (Å²) in [6.45, 7) is 1.63. The highest BCUT2D eigenvalue weighted by molar-refractivity contribution is 5.90. The Kier molecular flexibility index (Phi) is 6.47. The molecule has 2 N–H and O–H groups in total. The van der Waals surface area contributed by atoms with E-state index in [1.165, 1.54) is 0 Å². The molecule has 2 aromatic rings. The second kappa shape index (κ2) is 9.70. The number of nitrogens with zero attached hydrogens (tertiary/aromatic N) is 1. The Balaban J connectivity index is 1.27. The fourth-order valence-electron chi connectivity index (χ4n) is 5.57. The summed E-state index contributed by atoms with van der Waals surface area (Å²) < 4.78 is 11.2. The van der Waals surface area contributed by atoms with Gasteiger partial charge in [0.1, 0.15) is 12.1 Å². The van der Waals surface area contributed by atoms with Crippen LogP contribution in [-0.4, -0.2) is 66.4 Å². The summed E-state index contributed by atoms with van der Waals surface area (Å²) in [6, 6.07) is 16.3. The molecule has 2 saturated heterocycles. The lowest BCUT2D eigenvalue weighted by molar-refractivity contribution is -0.149. The van der Waals surface area contributed by atoms with E-state index in [9.17, 15) is 19.5 Å². The molecule has 2 aromatic carbocycles. The summed E-state index contributed by atoms with van der Waals surface area (Å²) in [4.78, 5) is 39.5. The number of carboxylic acid groups (broad SMARTS) is 1. The van der Waals surface area contributed by atoms with Crippen molar-refractivity contribution in [3.63, 3.8) is 0 Å². The number of hydrogen-bond donors (Lipinski definition) is 2. The average molecular weight is 479 g/mol. The molecule has 0 atom stereocenters. The number of nitrogens with one attached hydrogen (secondary N) is 1. The van der Waals surface area contributed by atoms with E-state index in [0.29, 0.717) is 52.0 Å². The highest BCUT2D eigenvalue weighted by Gasteiger charge is 2.45. The van der Waals surface area contributed by atoms with Crippen molar-refractivity contribution in [2.75, 3.05) is 32.9 Å². The third kappa shape index (κ3) is 4.50. The van der Waals surface area contributed by atoms with Crippen LogP contribution < -0.4 is 5.32 Å². The quantitative estimate of drug-likeness (QED) is 0.683. The van der Waals surface area contributed by atoms with Crippen LogP contribution in [0.1, 0.15) is 42.7 Å². The first-order chi connectivity index (χ1) is 17.0. The van der Waals surface area contributed by atoms with Gasteiger partial charge in [0.2, 0.25) is 5.91 Å². The molecule has 0 bridgehead atoms. The predicted octanol–water partition coefficient (Wildman–Crippen LogP) is 3.40. The van der Waals surface area contributed by atoms with Crippen molar-refractivity contribution in [2.24, 2.45) is 5.92 Å². The molecule has 2 aliphatic heterocycles. The summed E-state index contributed by atoms with van der Waals surface area (Å²) >= 11 is 0. The van der Waals surface area contributed by atoms with Crippen molar-refractivity contribution in [1.29, 1.82) is 0 Å². The molecule has 0 unspecified atom stereocenters. The van der Waals surface area contributed by atoms with Crippen molar-refractivity contribution in [3.05, 3.63) is 59.7 Å².